The van der Waals surface area contributed by atoms with Gasteiger partial charge in [-0.1, -0.05) is 13.0 Å². The lowest BCUT2D eigenvalue weighted by atomic mass is 9.55. The Morgan fingerprint density at radius 1 is 1.14 bits per heavy atom. The summed E-state index contributed by atoms with van der Waals surface area (Å²) in [6.07, 6.45) is 9.26. The molecule has 3 aliphatic carbocycles. The van der Waals surface area contributed by atoms with E-state index in [2.05, 4.69) is 36.3 Å². The van der Waals surface area contributed by atoms with Gasteiger partial charge in [-0.3, -0.25) is 0 Å². The molecule has 5 rings (SSSR count). The molecular formula is C20H25NO. The number of aliphatic hydroxyl groups excluding tert-OH is 1. The van der Waals surface area contributed by atoms with Crippen molar-refractivity contribution in [3.8, 4) is 0 Å². The maximum absolute atomic E-state index is 10.5. The highest BCUT2D eigenvalue weighted by Crippen LogP contribution is 2.61. The molecule has 2 heteroatoms. The van der Waals surface area contributed by atoms with Gasteiger partial charge in [0.05, 0.1) is 6.10 Å². The van der Waals surface area contributed by atoms with Gasteiger partial charge in [-0.05, 0) is 85.0 Å². The topological polar surface area (TPSA) is 36.0 Å². The molecule has 0 saturated heterocycles. The summed E-state index contributed by atoms with van der Waals surface area (Å²) in [5, 5.41) is 11.9. The van der Waals surface area contributed by atoms with E-state index in [0.29, 0.717) is 0 Å². The van der Waals surface area contributed by atoms with Crippen LogP contribution in [0.3, 0.4) is 0 Å². The van der Waals surface area contributed by atoms with E-state index in [0.717, 1.165) is 24.2 Å². The Morgan fingerprint density at radius 2 is 2.05 bits per heavy atom. The van der Waals surface area contributed by atoms with Crippen LogP contribution in [0, 0.1) is 17.3 Å². The van der Waals surface area contributed by atoms with Crippen molar-refractivity contribution in [1.29, 1.82) is 0 Å². The number of aliphatic hydroxyl groups is 1. The molecule has 2 fully saturated rings. The van der Waals surface area contributed by atoms with E-state index in [1.807, 2.05) is 0 Å². The van der Waals surface area contributed by atoms with Crippen LogP contribution in [0.4, 0.5) is 0 Å². The number of fused-ring (bicyclic) bond motifs is 7. The van der Waals surface area contributed by atoms with Gasteiger partial charge in [0.1, 0.15) is 0 Å². The molecule has 2 saturated carbocycles. The number of rotatable bonds is 0. The number of hydrogen-bond acceptors (Lipinski definition) is 1. The molecule has 0 spiro atoms. The molecule has 0 radical (unpaired) electrons. The Hall–Kier alpha value is -1.28. The second-order valence-electron chi connectivity index (χ2n) is 8.13. The van der Waals surface area contributed by atoms with Crippen LogP contribution in [0.1, 0.15) is 56.1 Å². The fourth-order valence-electron chi connectivity index (χ4n) is 6.20. The lowest BCUT2D eigenvalue weighted by Crippen LogP contribution is -2.43. The Bertz CT molecular complexity index is 732. The molecule has 3 aliphatic rings. The number of nitrogens with one attached hydrogen (secondary N) is 1. The predicted molar refractivity (Wildman–Crippen MR) is 88.9 cm³/mol. The minimum atomic E-state index is -0.0630. The van der Waals surface area contributed by atoms with Gasteiger partial charge in [0.25, 0.3) is 0 Å². The summed E-state index contributed by atoms with van der Waals surface area (Å²) in [6.45, 7) is 2.36. The van der Waals surface area contributed by atoms with Crippen LogP contribution in [0.25, 0.3) is 10.9 Å². The summed E-state index contributed by atoms with van der Waals surface area (Å²) in [5.41, 5.74) is 4.69. The molecule has 1 aromatic carbocycles. The SMILES string of the molecule is C[C@]12CC[C@@H]3c4ccc5[nH]ccc5c4CC[C@H]3[C@@H]1CC[C@@H]2O. The predicted octanol–water partition coefficient (Wildman–Crippen LogP) is 4.38. The van der Waals surface area contributed by atoms with Crippen molar-refractivity contribution < 1.29 is 5.11 Å². The highest BCUT2D eigenvalue weighted by atomic mass is 16.3. The van der Waals surface area contributed by atoms with Gasteiger partial charge in [0, 0.05) is 17.1 Å². The maximum atomic E-state index is 10.5. The first-order valence-electron chi connectivity index (χ1n) is 8.95. The van der Waals surface area contributed by atoms with Crippen molar-refractivity contribution in [2.45, 2.75) is 57.5 Å². The van der Waals surface area contributed by atoms with Gasteiger partial charge in [-0.2, -0.15) is 0 Å². The third kappa shape index (κ3) is 1.54. The van der Waals surface area contributed by atoms with Gasteiger partial charge in [0.15, 0.2) is 0 Å². The lowest BCUT2D eigenvalue weighted by molar-refractivity contribution is -0.0225. The van der Waals surface area contributed by atoms with Crippen molar-refractivity contribution >= 4 is 10.9 Å². The number of H-pyrrole nitrogens is 1. The highest BCUT2D eigenvalue weighted by molar-refractivity contribution is 5.84. The number of aromatic amines is 1. The molecular weight excluding hydrogens is 270 g/mol. The minimum absolute atomic E-state index is 0.0630. The molecule has 5 atom stereocenters. The van der Waals surface area contributed by atoms with Crippen LogP contribution in [-0.4, -0.2) is 16.2 Å². The number of aryl methyl sites for hydroxylation is 1. The second kappa shape index (κ2) is 4.38. The van der Waals surface area contributed by atoms with E-state index in [-0.39, 0.29) is 11.5 Å². The summed E-state index contributed by atoms with van der Waals surface area (Å²) >= 11 is 0. The van der Waals surface area contributed by atoms with E-state index in [1.54, 1.807) is 11.1 Å². The van der Waals surface area contributed by atoms with Gasteiger partial charge in [-0.15, -0.1) is 0 Å². The highest BCUT2D eigenvalue weighted by Gasteiger charge is 2.54. The van der Waals surface area contributed by atoms with Crippen molar-refractivity contribution in [3.63, 3.8) is 0 Å². The fraction of sp³-hybridized carbons (Fsp3) is 0.600. The third-order valence-corrected chi connectivity index (χ3v) is 7.40. The van der Waals surface area contributed by atoms with Crippen LogP contribution in [0.5, 0.6) is 0 Å². The zero-order valence-corrected chi connectivity index (χ0v) is 13.3. The van der Waals surface area contributed by atoms with Crippen LogP contribution in [-0.2, 0) is 6.42 Å². The summed E-state index contributed by atoms with van der Waals surface area (Å²) in [6, 6.07) is 6.91. The molecule has 0 unspecified atom stereocenters. The molecule has 116 valence electrons. The molecule has 0 bridgehead atoms. The lowest BCUT2D eigenvalue weighted by Gasteiger charge is -2.50. The molecule has 2 N–H and O–H groups in total. The quantitative estimate of drug-likeness (QED) is 0.743. The van der Waals surface area contributed by atoms with Crippen LogP contribution in [0.2, 0.25) is 0 Å². The Labute approximate surface area is 131 Å². The maximum Gasteiger partial charge on any atom is 0.0596 e. The van der Waals surface area contributed by atoms with Crippen molar-refractivity contribution in [1.82, 2.24) is 4.98 Å². The fourth-order valence-corrected chi connectivity index (χ4v) is 6.20. The Balaban J connectivity index is 1.59. The van der Waals surface area contributed by atoms with Crippen LogP contribution in [0.15, 0.2) is 24.4 Å². The van der Waals surface area contributed by atoms with E-state index < -0.39 is 0 Å². The first kappa shape index (κ1) is 13.2. The third-order valence-electron chi connectivity index (χ3n) is 7.40. The Kier molecular flexibility index (Phi) is 2.63. The second-order valence-corrected chi connectivity index (χ2v) is 8.13. The zero-order valence-electron chi connectivity index (χ0n) is 13.3. The van der Waals surface area contributed by atoms with E-state index >= 15 is 0 Å². The molecule has 22 heavy (non-hydrogen) atoms. The van der Waals surface area contributed by atoms with Gasteiger partial charge < -0.3 is 10.1 Å². The molecule has 1 heterocycles. The smallest absolute Gasteiger partial charge is 0.0596 e. The average Bonchev–Trinajstić information content (AvgIpc) is 3.12. The molecule has 2 aromatic rings. The zero-order chi connectivity index (χ0) is 14.9. The number of hydrogen-bond donors (Lipinski definition) is 2. The van der Waals surface area contributed by atoms with Crippen molar-refractivity contribution in [2.75, 3.05) is 0 Å². The van der Waals surface area contributed by atoms with Gasteiger partial charge in [-0.25, -0.2) is 0 Å². The monoisotopic (exact) mass is 295 g/mol. The van der Waals surface area contributed by atoms with E-state index in [1.165, 1.54) is 43.0 Å². The average molecular weight is 295 g/mol. The van der Waals surface area contributed by atoms with Crippen LogP contribution < -0.4 is 0 Å². The van der Waals surface area contributed by atoms with Crippen LogP contribution >= 0.6 is 0 Å². The van der Waals surface area contributed by atoms with Crippen molar-refractivity contribution in [2.24, 2.45) is 17.3 Å². The van der Waals surface area contributed by atoms with Crippen molar-refractivity contribution in [3.05, 3.63) is 35.5 Å². The largest absolute Gasteiger partial charge is 0.393 e. The summed E-state index contributed by atoms with van der Waals surface area (Å²) < 4.78 is 0. The standard InChI is InChI=1S/C20H25NO/c1-20-10-8-14-12-4-6-18-16(9-11-21-18)13(12)2-3-15(14)17(20)5-7-19(20)22/h4,6,9,11,14-15,17,19,21-22H,2-3,5,7-8,10H2,1H3/t14-,15-,17+,19+,20+/m1/s1. The summed E-state index contributed by atoms with van der Waals surface area (Å²) in [4.78, 5) is 3.36. The first-order chi connectivity index (χ1) is 10.7. The molecule has 1 aromatic heterocycles. The van der Waals surface area contributed by atoms with E-state index in [4.69, 9.17) is 0 Å². The molecule has 2 nitrogen and oxygen atoms in total. The summed E-state index contributed by atoms with van der Waals surface area (Å²) in [5.74, 6) is 2.25. The van der Waals surface area contributed by atoms with Gasteiger partial charge >= 0.3 is 0 Å². The van der Waals surface area contributed by atoms with Gasteiger partial charge in [0.2, 0.25) is 0 Å². The Morgan fingerprint density at radius 3 is 2.95 bits per heavy atom. The summed E-state index contributed by atoms with van der Waals surface area (Å²) in [7, 11) is 0. The minimum Gasteiger partial charge on any atom is -0.393 e. The van der Waals surface area contributed by atoms with E-state index in [9.17, 15) is 5.11 Å². The number of aromatic nitrogens is 1. The first-order valence-corrected chi connectivity index (χ1v) is 8.95. The molecule has 0 aliphatic heterocycles. The number of benzene rings is 1. The molecule has 0 amide bonds. The normalized spacial score (nSPS) is 40.3.